The lowest BCUT2D eigenvalue weighted by atomic mass is 9.68. The number of nitrogens with two attached hydrogens (primary N) is 1. The SMILES string of the molecule is CCC1=C(NC=O)C(c2ccc([N+](=O)[O-])cc2)C(N(C=O)CCCN2CCC(c3ccccc3)(c3ccccc3)CC2)=C(CCCCN)N1. The van der Waals surface area contributed by atoms with Crippen LogP contribution in [0.1, 0.15) is 74.5 Å². The number of nitrogens with zero attached hydrogens (tertiary/aromatic N) is 3. The predicted octanol–water partition coefficient (Wildman–Crippen LogP) is 5.92. The highest BCUT2D eigenvalue weighted by Crippen LogP contribution is 2.42. The van der Waals surface area contributed by atoms with E-state index in [9.17, 15) is 19.7 Å². The van der Waals surface area contributed by atoms with E-state index in [0.29, 0.717) is 38.0 Å². The molecule has 4 N–H and O–H groups in total. The monoisotopic (exact) mass is 664 g/mol. The largest absolute Gasteiger partial charge is 0.359 e. The number of hydrogen-bond donors (Lipinski definition) is 3. The van der Waals surface area contributed by atoms with Crippen molar-refractivity contribution in [3.05, 3.63) is 135 Å². The number of amides is 2. The molecule has 0 spiro atoms. The van der Waals surface area contributed by atoms with Gasteiger partial charge in [0.25, 0.3) is 5.69 Å². The first-order valence-corrected chi connectivity index (χ1v) is 17.4. The minimum Gasteiger partial charge on any atom is -0.359 e. The molecule has 2 aliphatic rings. The van der Waals surface area contributed by atoms with Gasteiger partial charge in [-0.15, -0.1) is 0 Å². The third-order valence-corrected chi connectivity index (χ3v) is 10.1. The topological polar surface area (TPSA) is 134 Å². The Bertz CT molecular complexity index is 1570. The first kappa shape index (κ1) is 35.5. The number of likely N-dealkylation sites (tertiary alicyclic amines) is 1. The average Bonchev–Trinajstić information content (AvgIpc) is 3.15. The van der Waals surface area contributed by atoms with E-state index in [2.05, 4.69) is 76.2 Å². The molecule has 0 aromatic heterocycles. The zero-order valence-electron chi connectivity index (χ0n) is 28.4. The van der Waals surface area contributed by atoms with Crippen molar-refractivity contribution >= 4 is 18.5 Å². The summed E-state index contributed by atoms with van der Waals surface area (Å²) in [7, 11) is 0. The molecule has 0 bridgehead atoms. The van der Waals surface area contributed by atoms with Gasteiger partial charge in [-0.1, -0.05) is 79.7 Å². The number of dihydropyridines is 1. The van der Waals surface area contributed by atoms with E-state index >= 15 is 0 Å². The van der Waals surface area contributed by atoms with Crippen LogP contribution in [0.2, 0.25) is 0 Å². The summed E-state index contributed by atoms with van der Waals surface area (Å²) in [6.07, 6.45) is 7.24. The maximum absolute atomic E-state index is 12.9. The second-order valence-corrected chi connectivity index (χ2v) is 12.8. The molecule has 0 radical (unpaired) electrons. The van der Waals surface area contributed by atoms with Crippen LogP contribution in [0.3, 0.4) is 0 Å². The van der Waals surface area contributed by atoms with Crippen LogP contribution in [-0.4, -0.2) is 60.3 Å². The highest BCUT2D eigenvalue weighted by atomic mass is 16.6. The molecule has 0 saturated carbocycles. The van der Waals surface area contributed by atoms with Gasteiger partial charge in [-0.05, 0) is 87.8 Å². The third kappa shape index (κ3) is 8.09. The highest BCUT2D eigenvalue weighted by molar-refractivity contribution is 5.60. The summed E-state index contributed by atoms with van der Waals surface area (Å²) in [4.78, 5) is 40.1. The van der Waals surface area contributed by atoms with E-state index in [-0.39, 0.29) is 11.1 Å². The van der Waals surface area contributed by atoms with Gasteiger partial charge in [0.1, 0.15) is 0 Å². The molecule has 1 unspecified atom stereocenters. The van der Waals surface area contributed by atoms with Gasteiger partial charge in [0, 0.05) is 35.5 Å². The first-order chi connectivity index (χ1) is 23.9. The molecular formula is C39H48N6O4. The van der Waals surface area contributed by atoms with Crippen LogP contribution in [-0.2, 0) is 15.0 Å². The van der Waals surface area contributed by atoms with Crippen LogP contribution < -0.4 is 16.4 Å². The lowest BCUT2D eigenvalue weighted by Gasteiger charge is -2.43. The summed E-state index contributed by atoms with van der Waals surface area (Å²) >= 11 is 0. The molecule has 1 atom stereocenters. The van der Waals surface area contributed by atoms with Crippen LogP contribution in [0.15, 0.2) is 108 Å². The summed E-state index contributed by atoms with van der Waals surface area (Å²) in [5.74, 6) is -0.493. The molecule has 2 aliphatic heterocycles. The third-order valence-electron chi connectivity index (χ3n) is 10.1. The first-order valence-electron chi connectivity index (χ1n) is 17.4. The Morgan fingerprint density at radius 2 is 1.57 bits per heavy atom. The molecule has 3 aromatic rings. The normalized spacial score (nSPS) is 17.7. The molecular weight excluding hydrogens is 616 g/mol. The molecule has 0 aliphatic carbocycles. The van der Waals surface area contributed by atoms with Crippen LogP contribution in [0, 0.1) is 10.1 Å². The number of non-ortho nitro benzene ring substituents is 1. The quantitative estimate of drug-likeness (QED) is 0.0706. The molecule has 1 fully saturated rings. The number of nitrogens with one attached hydrogen (secondary N) is 2. The second kappa shape index (κ2) is 17.0. The zero-order chi connectivity index (χ0) is 34.6. The Morgan fingerprint density at radius 3 is 2.10 bits per heavy atom. The maximum Gasteiger partial charge on any atom is 0.269 e. The van der Waals surface area contributed by atoms with Gasteiger partial charge in [0.05, 0.1) is 22.2 Å². The van der Waals surface area contributed by atoms with Crippen LogP contribution in [0.4, 0.5) is 5.69 Å². The number of nitro groups is 1. The van der Waals surface area contributed by atoms with Crippen molar-refractivity contribution in [2.24, 2.45) is 5.73 Å². The number of benzene rings is 3. The number of carbonyl (C=O) groups excluding carboxylic acids is 2. The van der Waals surface area contributed by atoms with Crippen molar-refractivity contribution in [3.8, 4) is 0 Å². The highest BCUT2D eigenvalue weighted by Gasteiger charge is 2.38. The summed E-state index contributed by atoms with van der Waals surface area (Å²) in [5.41, 5.74) is 12.4. The van der Waals surface area contributed by atoms with Gasteiger partial charge in [-0.25, -0.2) is 0 Å². The number of hydrogen-bond acceptors (Lipinski definition) is 7. The predicted molar refractivity (Wildman–Crippen MR) is 192 cm³/mol. The molecule has 2 heterocycles. The van der Waals surface area contributed by atoms with Crippen molar-refractivity contribution in [1.82, 2.24) is 20.4 Å². The Kier molecular flexibility index (Phi) is 12.3. The van der Waals surface area contributed by atoms with Crippen molar-refractivity contribution in [2.45, 2.75) is 63.2 Å². The van der Waals surface area contributed by atoms with E-state index < -0.39 is 10.8 Å². The van der Waals surface area contributed by atoms with Crippen molar-refractivity contribution in [1.29, 1.82) is 0 Å². The molecule has 3 aromatic carbocycles. The lowest BCUT2D eigenvalue weighted by molar-refractivity contribution is -0.384. The number of unbranched alkanes of at least 4 members (excludes halogenated alkanes) is 1. The van der Waals surface area contributed by atoms with Crippen LogP contribution in [0.5, 0.6) is 0 Å². The number of carbonyl (C=O) groups is 2. The molecule has 5 rings (SSSR count). The van der Waals surface area contributed by atoms with Gasteiger partial charge in [-0.2, -0.15) is 0 Å². The fourth-order valence-electron chi connectivity index (χ4n) is 7.51. The number of piperidine rings is 1. The van der Waals surface area contributed by atoms with Gasteiger partial charge >= 0.3 is 0 Å². The van der Waals surface area contributed by atoms with Crippen LogP contribution >= 0.6 is 0 Å². The summed E-state index contributed by atoms with van der Waals surface area (Å²) in [6.45, 7) is 5.78. The van der Waals surface area contributed by atoms with E-state index in [1.165, 1.54) is 23.3 Å². The maximum atomic E-state index is 12.9. The van der Waals surface area contributed by atoms with E-state index in [1.807, 2.05) is 6.92 Å². The van der Waals surface area contributed by atoms with Crippen LogP contribution in [0.25, 0.3) is 0 Å². The Morgan fingerprint density at radius 1 is 0.939 bits per heavy atom. The van der Waals surface area contributed by atoms with Gasteiger partial charge in [-0.3, -0.25) is 19.7 Å². The molecule has 2 amide bonds. The Labute approximate surface area is 289 Å². The standard InChI is InChI=1S/C39H48N6O4/c1-2-34-37(41-28-46)36(30-17-19-33(20-18-30)45(48)49)38(35(42-34)16-9-10-23-40)44(29-47)25-11-24-43-26-21-39(22-27-43,31-12-5-3-6-13-31)32-14-7-4-8-15-32/h3-8,12-15,17-20,28-29,36,42H,2,9-11,16,21-27,40H2,1H3,(H,41,46). The molecule has 1 saturated heterocycles. The fraction of sp³-hybridized carbons (Fsp3) is 0.385. The molecule has 10 nitrogen and oxygen atoms in total. The van der Waals surface area contributed by atoms with Crippen molar-refractivity contribution < 1.29 is 14.5 Å². The van der Waals surface area contributed by atoms with Gasteiger partial charge in [0.15, 0.2) is 0 Å². The van der Waals surface area contributed by atoms with E-state index in [0.717, 1.165) is 80.8 Å². The minimum atomic E-state index is -0.493. The zero-order valence-corrected chi connectivity index (χ0v) is 28.4. The Balaban J connectivity index is 1.37. The van der Waals surface area contributed by atoms with E-state index in [4.69, 9.17) is 5.73 Å². The van der Waals surface area contributed by atoms with Crippen molar-refractivity contribution in [2.75, 3.05) is 32.7 Å². The number of rotatable bonds is 17. The summed E-state index contributed by atoms with van der Waals surface area (Å²) < 4.78 is 0. The average molecular weight is 665 g/mol. The molecule has 49 heavy (non-hydrogen) atoms. The molecule has 10 heteroatoms. The molecule has 258 valence electrons. The van der Waals surface area contributed by atoms with E-state index in [1.54, 1.807) is 17.0 Å². The number of nitro benzene ring substituents is 1. The summed E-state index contributed by atoms with van der Waals surface area (Å²) in [6, 6.07) is 28.0. The Hall–Kier alpha value is -4.80. The van der Waals surface area contributed by atoms with Gasteiger partial charge in [0.2, 0.25) is 12.8 Å². The number of allylic oxidation sites excluding steroid dienone is 2. The summed E-state index contributed by atoms with van der Waals surface area (Å²) in [5, 5.41) is 17.9. The minimum absolute atomic E-state index is 0.0201. The smallest absolute Gasteiger partial charge is 0.269 e. The second-order valence-electron chi connectivity index (χ2n) is 12.8. The lowest BCUT2D eigenvalue weighted by Crippen LogP contribution is -2.44. The van der Waals surface area contributed by atoms with Crippen molar-refractivity contribution in [3.63, 3.8) is 0 Å². The van der Waals surface area contributed by atoms with Gasteiger partial charge < -0.3 is 26.2 Å². The fourth-order valence-corrected chi connectivity index (χ4v) is 7.51.